The quantitative estimate of drug-likeness (QED) is 0.657. The standard InChI is InChI=1S/C21H25N5O2/c1-12-8-13(2)11-25(10-12)20(27)15-9-16-19(24(4)17(15)22)23-18-14(3)6-5-7-26(18)21(16)28/h5-7,9,12-13,22H,8,10-11H2,1-4H3. The lowest BCUT2D eigenvalue weighted by atomic mass is 9.91. The van der Waals surface area contributed by atoms with Crippen molar-refractivity contribution in [1.29, 1.82) is 5.41 Å². The number of carbonyl (C=O) groups excluding carboxylic acids is 1. The summed E-state index contributed by atoms with van der Waals surface area (Å²) in [6.45, 7) is 7.54. The molecule has 0 aliphatic carbocycles. The molecule has 7 heteroatoms. The number of fused-ring (bicyclic) bond motifs is 2. The van der Waals surface area contributed by atoms with Crippen molar-refractivity contribution in [1.82, 2.24) is 18.9 Å². The van der Waals surface area contributed by atoms with Gasteiger partial charge in [0.05, 0.1) is 10.9 Å². The van der Waals surface area contributed by atoms with Gasteiger partial charge in [-0.05, 0) is 42.9 Å². The minimum atomic E-state index is -0.228. The maximum Gasteiger partial charge on any atom is 0.267 e. The number of hydrogen-bond acceptors (Lipinski definition) is 4. The van der Waals surface area contributed by atoms with Crippen LogP contribution in [0.4, 0.5) is 0 Å². The highest BCUT2D eigenvalue weighted by Crippen LogP contribution is 2.22. The van der Waals surface area contributed by atoms with E-state index in [2.05, 4.69) is 18.8 Å². The number of nitrogens with one attached hydrogen (secondary N) is 1. The van der Waals surface area contributed by atoms with Gasteiger partial charge in [0.25, 0.3) is 11.5 Å². The predicted octanol–water partition coefficient (Wildman–Crippen LogP) is 2.09. The molecule has 0 spiro atoms. The summed E-state index contributed by atoms with van der Waals surface area (Å²) >= 11 is 0. The van der Waals surface area contributed by atoms with Crippen LogP contribution in [0.2, 0.25) is 0 Å². The normalized spacial score (nSPS) is 20.1. The Bertz CT molecular complexity index is 1210. The number of piperidine rings is 1. The maximum atomic E-state index is 13.2. The van der Waals surface area contributed by atoms with Gasteiger partial charge in [-0.25, -0.2) is 4.98 Å². The summed E-state index contributed by atoms with van der Waals surface area (Å²) in [7, 11) is 1.68. The lowest BCUT2D eigenvalue weighted by Crippen LogP contribution is -2.44. The lowest BCUT2D eigenvalue weighted by Gasteiger charge is -2.35. The second kappa shape index (κ2) is 6.58. The van der Waals surface area contributed by atoms with E-state index in [9.17, 15) is 9.59 Å². The van der Waals surface area contributed by atoms with Crippen molar-refractivity contribution < 1.29 is 4.79 Å². The third kappa shape index (κ3) is 2.82. The highest BCUT2D eigenvalue weighted by molar-refractivity contribution is 5.97. The highest BCUT2D eigenvalue weighted by atomic mass is 16.2. The maximum absolute atomic E-state index is 13.2. The van der Waals surface area contributed by atoms with E-state index in [1.54, 1.807) is 25.4 Å². The third-order valence-corrected chi connectivity index (χ3v) is 5.65. The van der Waals surface area contributed by atoms with E-state index in [1.165, 1.54) is 8.97 Å². The Balaban J connectivity index is 1.94. The molecule has 0 saturated carbocycles. The summed E-state index contributed by atoms with van der Waals surface area (Å²) in [6.07, 6.45) is 2.78. The summed E-state index contributed by atoms with van der Waals surface area (Å²) < 4.78 is 3.04. The molecule has 0 radical (unpaired) electrons. The van der Waals surface area contributed by atoms with E-state index in [4.69, 9.17) is 5.41 Å². The largest absolute Gasteiger partial charge is 0.338 e. The Hall–Kier alpha value is -2.96. The molecule has 4 heterocycles. The number of pyridine rings is 2. The highest BCUT2D eigenvalue weighted by Gasteiger charge is 2.28. The van der Waals surface area contributed by atoms with Gasteiger partial charge in [0, 0.05) is 26.3 Å². The predicted molar refractivity (Wildman–Crippen MR) is 107 cm³/mol. The summed E-state index contributed by atoms with van der Waals surface area (Å²) in [5, 5.41) is 8.88. The first kappa shape index (κ1) is 18.4. The van der Waals surface area contributed by atoms with E-state index in [1.807, 2.05) is 17.9 Å². The average Bonchev–Trinajstić information content (AvgIpc) is 2.65. The van der Waals surface area contributed by atoms with Crippen molar-refractivity contribution in [3.05, 3.63) is 51.4 Å². The molecule has 3 aromatic rings. The van der Waals surface area contributed by atoms with Gasteiger partial charge in [0.2, 0.25) is 0 Å². The van der Waals surface area contributed by atoms with Crippen LogP contribution in [0.3, 0.4) is 0 Å². The average molecular weight is 379 g/mol. The number of aromatic nitrogens is 3. The van der Waals surface area contributed by atoms with Crippen molar-refractivity contribution >= 4 is 22.6 Å². The lowest BCUT2D eigenvalue weighted by molar-refractivity contribution is 0.0620. The number of nitrogens with zero attached hydrogens (tertiary/aromatic N) is 4. The van der Waals surface area contributed by atoms with E-state index in [0.717, 1.165) is 12.0 Å². The number of carbonyl (C=O) groups is 1. The molecular formula is C21H25N5O2. The molecule has 3 aromatic heterocycles. The van der Waals surface area contributed by atoms with Crippen molar-refractivity contribution in [2.24, 2.45) is 18.9 Å². The SMILES string of the molecule is Cc1cccn2c(=O)c3cc(C(=O)N4CC(C)CC(C)C4)c(=N)n(C)c3nc12. The van der Waals surface area contributed by atoms with Gasteiger partial charge in [0.15, 0.2) is 0 Å². The van der Waals surface area contributed by atoms with Crippen molar-refractivity contribution in [2.45, 2.75) is 27.2 Å². The fourth-order valence-electron chi connectivity index (χ4n) is 4.34. The minimum Gasteiger partial charge on any atom is -0.338 e. The Morgan fingerprint density at radius 2 is 1.89 bits per heavy atom. The molecule has 7 nitrogen and oxygen atoms in total. The zero-order valence-corrected chi connectivity index (χ0v) is 16.7. The van der Waals surface area contributed by atoms with Gasteiger partial charge in [-0.15, -0.1) is 0 Å². The first-order valence-electron chi connectivity index (χ1n) is 9.63. The fraction of sp³-hybridized carbons (Fsp3) is 0.429. The van der Waals surface area contributed by atoms with Crippen LogP contribution in [0.1, 0.15) is 36.2 Å². The molecule has 146 valence electrons. The molecule has 1 saturated heterocycles. The van der Waals surface area contributed by atoms with E-state index in [0.29, 0.717) is 41.6 Å². The summed E-state index contributed by atoms with van der Waals surface area (Å²) in [6, 6.07) is 5.25. The summed E-state index contributed by atoms with van der Waals surface area (Å²) in [4.78, 5) is 32.7. The molecule has 1 fully saturated rings. The number of likely N-dealkylation sites (tertiary alicyclic amines) is 1. The second-order valence-corrected chi connectivity index (χ2v) is 8.16. The van der Waals surface area contributed by atoms with Crippen LogP contribution in [0.15, 0.2) is 29.2 Å². The summed E-state index contributed by atoms with van der Waals surface area (Å²) in [5.41, 5.74) is 1.96. The Morgan fingerprint density at radius 1 is 1.21 bits per heavy atom. The fourth-order valence-corrected chi connectivity index (χ4v) is 4.34. The van der Waals surface area contributed by atoms with Crippen molar-refractivity contribution in [3.63, 3.8) is 0 Å². The van der Waals surface area contributed by atoms with Crippen LogP contribution in [0, 0.1) is 24.2 Å². The smallest absolute Gasteiger partial charge is 0.267 e. The van der Waals surface area contributed by atoms with Gasteiger partial charge in [-0.3, -0.25) is 19.4 Å². The van der Waals surface area contributed by atoms with Crippen LogP contribution >= 0.6 is 0 Å². The van der Waals surface area contributed by atoms with Gasteiger partial charge in [-0.1, -0.05) is 19.9 Å². The molecule has 0 bridgehead atoms. The van der Waals surface area contributed by atoms with Crippen molar-refractivity contribution in [2.75, 3.05) is 13.1 Å². The molecule has 0 aromatic carbocycles. The van der Waals surface area contributed by atoms with Gasteiger partial charge in [-0.2, -0.15) is 0 Å². The first-order valence-corrected chi connectivity index (χ1v) is 9.63. The van der Waals surface area contributed by atoms with E-state index >= 15 is 0 Å². The molecule has 1 amide bonds. The molecule has 1 aliphatic heterocycles. The zero-order valence-electron chi connectivity index (χ0n) is 16.7. The van der Waals surface area contributed by atoms with Crippen LogP contribution in [0.5, 0.6) is 0 Å². The van der Waals surface area contributed by atoms with Crippen LogP contribution in [-0.4, -0.2) is 37.8 Å². The summed E-state index contributed by atoms with van der Waals surface area (Å²) in [5.74, 6) is 0.667. The minimum absolute atomic E-state index is 0.0770. The molecule has 4 rings (SSSR count). The number of hydrogen-bond donors (Lipinski definition) is 1. The van der Waals surface area contributed by atoms with E-state index < -0.39 is 0 Å². The molecule has 2 atom stereocenters. The Morgan fingerprint density at radius 3 is 2.57 bits per heavy atom. The second-order valence-electron chi connectivity index (χ2n) is 8.16. The van der Waals surface area contributed by atoms with Crippen LogP contribution in [-0.2, 0) is 7.05 Å². The third-order valence-electron chi connectivity index (χ3n) is 5.65. The Kier molecular flexibility index (Phi) is 4.33. The van der Waals surface area contributed by atoms with Gasteiger partial charge < -0.3 is 9.47 Å². The number of rotatable bonds is 1. The molecule has 28 heavy (non-hydrogen) atoms. The molecule has 1 N–H and O–H groups in total. The number of amides is 1. The van der Waals surface area contributed by atoms with E-state index in [-0.39, 0.29) is 22.5 Å². The van der Waals surface area contributed by atoms with Gasteiger partial charge in [0.1, 0.15) is 16.8 Å². The van der Waals surface area contributed by atoms with Gasteiger partial charge >= 0.3 is 0 Å². The monoisotopic (exact) mass is 379 g/mol. The molecule has 1 aliphatic rings. The zero-order chi connectivity index (χ0) is 20.2. The number of aryl methyl sites for hydroxylation is 2. The van der Waals surface area contributed by atoms with Crippen LogP contribution < -0.4 is 11.0 Å². The van der Waals surface area contributed by atoms with Crippen LogP contribution in [0.25, 0.3) is 16.7 Å². The molecule has 2 unspecified atom stereocenters. The molecular weight excluding hydrogens is 354 g/mol. The van der Waals surface area contributed by atoms with Crippen molar-refractivity contribution in [3.8, 4) is 0 Å². The first-order chi connectivity index (χ1) is 13.3. The Labute approximate surface area is 162 Å². The topological polar surface area (TPSA) is 83.5 Å².